The van der Waals surface area contributed by atoms with E-state index in [-0.39, 0.29) is 93.9 Å². The topological polar surface area (TPSA) is 317 Å². The van der Waals surface area contributed by atoms with Crippen molar-refractivity contribution in [3.63, 3.8) is 0 Å². The van der Waals surface area contributed by atoms with Gasteiger partial charge in [-0.3, -0.25) is 24.2 Å². The fraction of sp³-hybridized carbons (Fsp3) is 0.143. The predicted molar refractivity (Wildman–Crippen MR) is 235 cm³/mol. The molecule has 63 heavy (non-hydrogen) atoms. The standard InChI is InChI=1S/C42H36N10O10S/c43-41-51-36-35(38(57)52-41)48-23(19-47-36)18-46-21-3-1-20(2-4-21)37(56)50-30(40(60)61)11-12-33(55)44-13-14-45-42(63)49-22-5-8-26(39(58)59)29(15-22)34-27-9-6-24(53)16-31(27)62-32-17-25(54)7-10-28(32)34/h1-10,15-17,19,30,46,53H,11-14,18H2,(H,44,55)(H,50,56)(H,58,59)(H,60,61)(H2,45,49,63)(H3,43,47,51,52,57). The lowest BCUT2D eigenvalue weighted by atomic mass is 9.90. The molecule has 0 radical (unpaired) electrons. The summed E-state index contributed by atoms with van der Waals surface area (Å²) in [5.41, 5.74) is 7.89. The van der Waals surface area contributed by atoms with Crippen molar-refractivity contribution in [1.29, 1.82) is 0 Å². The van der Waals surface area contributed by atoms with Gasteiger partial charge in [-0.1, -0.05) is 0 Å². The van der Waals surface area contributed by atoms with Gasteiger partial charge in [0.2, 0.25) is 11.9 Å². The first-order chi connectivity index (χ1) is 30.2. The van der Waals surface area contributed by atoms with Crippen molar-refractivity contribution in [3.8, 4) is 28.2 Å². The van der Waals surface area contributed by atoms with Crippen molar-refractivity contribution in [1.82, 2.24) is 35.9 Å². The molecule has 0 spiro atoms. The van der Waals surface area contributed by atoms with Crippen molar-refractivity contribution in [2.45, 2.75) is 25.4 Å². The number of hydrogen-bond acceptors (Lipinski definition) is 14. The van der Waals surface area contributed by atoms with E-state index in [0.717, 1.165) is 0 Å². The molecule has 3 heterocycles. The fourth-order valence-electron chi connectivity index (χ4n) is 6.57. The Morgan fingerprint density at radius 1 is 0.873 bits per heavy atom. The number of thiocarbonyl (C=S) groups is 1. The number of aliphatic carboxylic acids is 1. The zero-order valence-corrected chi connectivity index (χ0v) is 33.5. The van der Waals surface area contributed by atoms with Crippen LogP contribution in [0.15, 0.2) is 99.1 Å². The highest BCUT2D eigenvalue weighted by molar-refractivity contribution is 7.80. The second-order valence-corrected chi connectivity index (χ2v) is 14.3. The zero-order valence-electron chi connectivity index (χ0n) is 32.7. The number of fused-ring (bicyclic) bond motifs is 3. The van der Waals surface area contributed by atoms with E-state index in [4.69, 9.17) is 22.4 Å². The molecule has 0 bridgehead atoms. The van der Waals surface area contributed by atoms with Gasteiger partial charge < -0.3 is 52.1 Å². The Balaban J connectivity index is 0.888. The van der Waals surface area contributed by atoms with E-state index < -0.39 is 35.4 Å². The SMILES string of the molecule is Nc1nc2ncc(CNc3ccc(C(=O)NC(CCC(=O)NCCNC(=S)Nc4ccc(C(=O)O)c(-c5c6ccc(=O)cc-6oc6cc(O)ccc56)c4)C(=O)O)cc3)nc2c(=O)[nH]1. The summed E-state index contributed by atoms with van der Waals surface area (Å²) in [6.45, 7) is 0.462. The van der Waals surface area contributed by atoms with E-state index in [1.165, 1.54) is 54.7 Å². The number of nitrogen functional groups attached to an aromatic ring is 1. The largest absolute Gasteiger partial charge is 0.508 e. The predicted octanol–water partition coefficient (Wildman–Crippen LogP) is 3.26. The minimum atomic E-state index is -1.36. The Morgan fingerprint density at radius 3 is 2.40 bits per heavy atom. The van der Waals surface area contributed by atoms with Gasteiger partial charge in [-0.25, -0.2) is 19.6 Å². The molecule has 0 fully saturated rings. The van der Waals surface area contributed by atoms with Crippen molar-refractivity contribution in [3.05, 3.63) is 122 Å². The zero-order chi connectivity index (χ0) is 44.8. The molecular formula is C42H36N10O10S. The molecule has 0 saturated heterocycles. The molecule has 3 aromatic carbocycles. The molecule has 5 aromatic rings. The molecule has 320 valence electrons. The van der Waals surface area contributed by atoms with Crippen molar-refractivity contribution < 1.29 is 38.9 Å². The molecule has 2 aromatic heterocycles. The molecule has 21 heteroatoms. The number of carboxylic acids is 2. The Morgan fingerprint density at radius 2 is 1.63 bits per heavy atom. The number of carbonyl (C=O) groups is 4. The van der Waals surface area contributed by atoms with Crippen molar-refractivity contribution in [2.75, 3.05) is 29.5 Å². The van der Waals surface area contributed by atoms with E-state index in [2.05, 4.69) is 46.5 Å². The number of aromatic carboxylic acids is 1. The fourth-order valence-corrected chi connectivity index (χ4v) is 6.79. The summed E-state index contributed by atoms with van der Waals surface area (Å²) in [6.07, 6.45) is 1.05. The minimum Gasteiger partial charge on any atom is -0.508 e. The number of hydrogen-bond donors (Lipinski definition) is 10. The number of nitrogens with zero attached hydrogens (tertiary/aromatic N) is 3. The highest BCUT2D eigenvalue weighted by Gasteiger charge is 2.24. The first-order valence-corrected chi connectivity index (χ1v) is 19.4. The summed E-state index contributed by atoms with van der Waals surface area (Å²) < 4.78 is 5.90. The molecule has 1 aliphatic heterocycles. The van der Waals surface area contributed by atoms with E-state index in [1.54, 1.807) is 30.3 Å². The molecule has 1 unspecified atom stereocenters. The van der Waals surface area contributed by atoms with Crippen LogP contribution < -0.4 is 43.3 Å². The molecule has 0 saturated carbocycles. The lowest BCUT2D eigenvalue weighted by Crippen LogP contribution is -2.42. The van der Waals surface area contributed by atoms with Crippen LogP contribution in [-0.4, -0.2) is 83.3 Å². The Hall–Kier alpha value is -8.46. The van der Waals surface area contributed by atoms with Gasteiger partial charge in [0, 0.05) is 65.1 Å². The molecule has 20 nitrogen and oxygen atoms in total. The van der Waals surface area contributed by atoms with Gasteiger partial charge in [0.15, 0.2) is 21.7 Å². The van der Waals surface area contributed by atoms with Crippen LogP contribution in [0.2, 0.25) is 0 Å². The van der Waals surface area contributed by atoms with E-state index >= 15 is 0 Å². The number of nitrogens with one attached hydrogen (secondary N) is 6. The molecule has 2 amide bonds. The summed E-state index contributed by atoms with van der Waals surface area (Å²) in [6, 6.07) is 17.9. The highest BCUT2D eigenvalue weighted by Crippen LogP contribution is 2.42. The van der Waals surface area contributed by atoms with Crippen LogP contribution in [0.5, 0.6) is 5.75 Å². The average molecular weight is 873 g/mol. The van der Waals surface area contributed by atoms with Gasteiger partial charge >= 0.3 is 11.9 Å². The minimum absolute atomic E-state index is 0.0321. The number of carbonyl (C=O) groups excluding carboxylic acids is 2. The number of phenolic OH excluding ortho intramolecular Hbond substituents is 1. The molecule has 11 N–H and O–H groups in total. The second kappa shape index (κ2) is 18.4. The van der Waals surface area contributed by atoms with Gasteiger partial charge in [0.1, 0.15) is 23.1 Å². The van der Waals surface area contributed by atoms with Crippen LogP contribution in [0.3, 0.4) is 0 Å². The lowest BCUT2D eigenvalue weighted by Gasteiger charge is -2.18. The third-order valence-electron chi connectivity index (χ3n) is 9.56. The summed E-state index contributed by atoms with van der Waals surface area (Å²) in [5.74, 6) is -3.61. The summed E-state index contributed by atoms with van der Waals surface area (Å²) in [5, 5.41) is 44.8. The van der Waals surface area contributed by atoms with Gasteiger partial charge in [0.25, 0.3) is 11.5 Å². The number of benzene rings is 4. The number of anilines is 3. The van der Waals surface area contributed by atoms with Crippen LogP contribution in [-0.2, 0) is 16.1 Å². The number of carboxylic acid groups (broad SMARTS) is 2. The highest BCUT2D eigenvalue weighted by atomic mass is 32.1. The van der Waals surface area contributed by atoms with Crippen LogP contribution in [0, 0.1) is 0 Å². The maximum Gasteiger partial charge on any atom is 0.336 e. The van der Waals surface area contributed by atoms with Crippen molar-refractivity contribution in [2.24, 2.45) is 0 Å². The third-order valence-corrected chi connectivity index (χ3v) is 9.80. The van der Waals surface area contributed by atoms with Gasteiger partial charge in [-0.15, -0.1) is 0 Å². The van der Waals surface area contributed by atoms with Gasteiger partial charge in [0.05, 0.1) is 24.0 Å². The van der Waals surface area contributed by atoms with Gasteiger partial charge in [-0.05, 0) is 90.9 Å². The molecule has 1 aliphatic carbocycles. The first kappa shape index (κ1) is 42.7. The maximum absolute atomic E-state index is 12.9. The quantitative estimate of drug-likeness (QED) is 0.0401. The van der Waals surface area contributed by atoms with Crippen LogP contribution in [0.4, 0.5) is 17.3 Å². The van der Waals surface area contributed by atoms with Gasteiger partial charge in [-0.2, -0.15) is 4.98 Å². The number of rotatable bonds is 15. The number of amides is 2. The average Bonchev–Trinajstić information content (AvgIpc) is 3.24. The Bertz CT molecular complexity index is 3030. The van der Waals surface area contributed by atoms with Crippen molar-refractivity contribution >= 4 is 80.5 Å². The third kappa shape index (κ3) is 10.1. The molecule has 7 rings (SSSR count). The summed E-state index contributed by atoms with van der Waals surface area (Å²) in [7, 11) is 0. The number of nitrogens with two attached hydrogens (primary N) is 1. The molecule has 1 atom stereocenters. The van der Waals surface area contributed by atoms with E-state index in [0.29, 0.717) is 33.6 Å². The number of H-pyrrole nitrogens is 1. The number of aromatic hydroxyl groups is 1. The van der Waals surface area contributed by atoms with Crippen LogP contribution in [0.1, 0.15) is 39.3 Å². The number of aromatic amines is 1. The maximum atomic E-state index is 12.9. The summed E-state index contributed by atoms with van der Waals surface area (Å²) >= 11 is 5.44. The van der Waals surface area contributed by atoms with E-state index in [9.17, 15) is 44.1 Å². The number of aromatic nitrogens is 4. The first-order valence-electron chi connectivity index (χ1n) is 19.0. The summed E-state index contributed by atoms with van der Waals surface area (Å²) in [4.78, 5) is 88.9. The smallest absolute Gasteiger partial charge is 0.336 e. The van der Waals surface area contributed by atoms with Crippen LogP contribution in [0.25, 0.3) is 44.6 Å². The normalized spacial score (nSPS) is 11.5. The van der Waals surface area contributed by atoms with E-state index in [1.807, 2.05) is 0 Å². The monoisotopic (exact) mass is 872 g/mol. The second-order valence-electron chi connectivity index (χ2n) is 13.9. The Labute approximate surface area is 359 Å². The Kier molecular flexibility index (Phi) is 12.5. The molecular weight excluding hydrogens is 837 g/mol. The molecule has 2 aliphatic rings. The van der Waals surface area contributed by atoms with Crippen LogP contribution >= 0.6 is 12.2 Å². The lowest BCUT2D eigenvalue weighted by molar-refractivity contribution is -0.139. The number of phenols is 1.